The molecule has 1 aromatic carbocycles. The second kappa shape index (κ2) is 6.62. The van der Waals surface area contributed by atoms with Crippen molar-refractivity contribution in [1.82, 2.24) is 0 Å². The van der Waals surface area contributed by atoms with E-state index in [0.29, 0.717) is 5.02 Å². The SMILES string of the molecule is Cl.N[C@@H](CCF)c1cc(Cl)ccc1[N+](=O)[O-]. The predicted molar refractivity (Wildman–Crippen MR) is 62.9 cm³/mol. The topological polar surface area (TPSA) is 69.2 Å². The molecule has 0 aromatic heterocycles. The normalized spacial score (nSPS) is 11.7. The average molecular weight is 269 g/mol. The van der Waals surface area contributed by atoms with E-state index >= 15 is 0 Å². The van der Waals surface area contributed by atoms with Crippen molar-refractivity contribution in [2.45, 2.75) is 12.5 Å². The van der Waals surface area contributed by atoms with Gasteiger partial charge in [0.25, 0.3) is 5.69 Å². The largest absolute Gasteiger partial charge is 0.324 e. The first kappa shape index (κ1) is 15.1. The van der Waals surface area contributed by atoms with E-state index in [2.05, 4.69) is 0 Å². The third-order valence-electron chi connectivity index (χ3n) is 2.01. The van der Waals surface area contributed by atoms with Crippen LogP contribution in [0.25, 0.3) is 0 Å². The predicted octanol–water partition coefficient (Wildman–Crippen LogP) is 3.03. The standard InChI is InChI=1S/C9H10ClFN2O2.ClH/c10-6-1-2-9(13(14)15)7(5-6)8(12)3-4-11;/h1-2,5,8H,3-4,12H2;1H/t8-;/m0./s1. The van der Waals surface area contributed by atoms with Crippen molar-refractivity contribution in [2.24, 2.45) is 5.73 Å². The fourth-order valence-electron chi connectivity index (χ4n) is 1.26. The van der Waals surface area contributed by atoms with Crippen molar-refractivity contribution < 1.29 is 9.31 Å². The molecule has 0 bridgehead atoms. The van der Waals surface area contributed by atoms with Gasteiger partial charge in [0.05, 0.1) is 11.6 Å². The molecule has 0 amide bonds. The molecule has 7 heteroatoms. The molecule has 0 saturated carbocycles. The summed E-state index contributed by atoms with van der Waals surface area (Å²) in [5.74, 6) is 0. The molecule has 0 aliphatic rings. The summed E-state index contributed by atoms with van der Waals surface area (Å²) in [5.41, 5.74) is 5.75. The highest BCUT2D eigenvalue weighted by Gasteiger charge is 2.19. The van der Waals surface area contributed by atoms with Gasteiger partial charge in [0.2, 0.25) is 0 Å². The summed E-state index contributed by atoms with van der Waals surface area (Å²) < 4.78 is 12.1. The van der Waals surface area contributed by atoms with Crippen LogP contribution in [0.5, 0.6) is 0 Å². The Bertz CT molecular complexity index is 377. The minimum absolute atomic E-state index is 0. The molecular weight excluding hydrogens is 258 g/mol. The third-order valence-corrected chi connectivity index (χ3v) is 2.24. The van der Waals surface area contributed by atoms with Crippen LogP contribution >= 0.6 is 24.0 Å². The molecule has 90 valence electrons. The molecule has 0 spiro atoms. The van der Waals surface area contributed by atoms with Crippen LogP contribution in [0.3, 0.4) is 0 Å². The molecular formula is C9H11Cl2FN2O2. The highest BCUT2D eigenvalue weighted by molar-refractivity contribution is 6.30. The number of halogens is 3. The van der Waals surface area contributed by atoms with E-state index in [1.165, 1.54) is 18.2 Å². The van der Waals surface area contributed by atoms with Crippen LogP contribution in [-0.2, 0) is 0 Å². The summed E-state index contributed by atoms with van der Waals surface area (Å²) in [5, 5.41) is 11.0. The number of hydrogen-bond acceptors (Lipinski definition) is 3. The van der Waals surface area contributed by atoms with Gasteiger partial charge in [-0.1, -0.05) is 11.6 Å². The maximum Gasteiger partial charge on any atom is 0.274 e. The molecule has 0 unspecified atom stereocenters. The summed E-state index contributed by atoms with van der Waals surface area (Å²) in [6.07, 6.45) is 0.0428. The maximum atomic E-state index is 12.1. The number of hydrogen-bond donors (Lipinski definition) is 1. The summed E-state index contributed by atoms with van der Waals surface area (Å²) in [4.78, 5) is 10.1. The molecule has 0 saturated heterocycles. The van der Waals surface area contributed by atoms with E-state index in [1.54, 1.807) is 0 Å². The average Bonchev–Trinajstić information content (AvgIpc) is 2.17. The Morgan fingerprint density at radius 3 is 2.69 bits per heavy atom. The molecule has 0 heterocycles. The van der Waals surface area contributed by atoms with Gasteiger partial charge in [0, 0.05) is 22.7 Å². The van der Waals surface area contributed by atoms with Crippen molar-refractivity contribution in [3.63, 3.8) is 0 Å². The van der Waals surface area contributed by atoms with Crippen LogP contribution in [0.1, 0.15) is 18.0 Å². The molecule has 0 aliphatic carbocycles. The number of alkyl halides is 1. The lowest BCUT2D eigenvalue weighted by Crippen LogP contribution is -2.13. The molecule has 0 aliphatic heterocycles. The van der Waals surface area contributed by atoms with Crippen molar-refractivity contribution in [1.29, 1.82) is 0 Å². The highest BCUT2D eigenvalue weighted by Crippen LogP contribution is 2.28. The van der Waals surface area contributed by atoms with E-state index in [1.807, 2.05) is 0 Å². The van der Waals surface area contributed by atoms with Crippen molar-refractivity contribution in [3.8, 4) is 0 Å². The Labute approximate surface area is 103 Å². The Morgan fingerprint density at radius 1 is 1.56 bits per heavy atom. The zero-order valence-electron chi connectivity index (χ0n) is 8.23. The zero-order valence-corrected chi connectivity index (χ0v) is 9.80. The minimum atomic E-state index is -0.700. The van der Waals surface area contributed by atoms with Gasteiger partial charge in [-0.3, -0.25) is 14.5 Å². The smallest absolute Gasteiger partial charge is 0.274 e. The number of nitrogens with zero attached hydrogens (tertiary/aromatic N) is 1. The molecule has 2 N–H and O–H groups in total. The van der Waals surface area contributed by atoms with E-state index in [4.69, 9.17) is 17.3 Å². The van der Waals surface area contributed by atoms with Gasteiger partial charge in [-0.15, -0.1) is 12.4 Å². The monoisotopic (exact) mass is 268 g/mol. The molecule has 0 radical (unpaired) electrons. The first-order chi connectivity index (χ1) is 7.06. The second-order valence-corrected chi connectivity index (χ2v) is 3.48. The zero-order chi connectivity index (χ0) is 11.4. The fourth-order valence-corrected chi connectivity index (χ4v) is 1.44. The number of nitrogens with two attached hydrogens (primary N) is 1. The van der Waals surface area contributed by atoms with Crippen LogP contribution in [-0.4, -0.2) is 11.6 Å². The van der Waals surface area contributed by atoms with E-state index < -0.39 is 17.6 Å². The Balaban J connectivity index is 0.00000225. The van der Waals surface area contributed by atoms with Crippen LogP contribution in [0.2, 0.25) is 5.02 Å². The van der Waals surface area contributed by atoms with Gasteiger partial charge in [0.15, 0.2) is 0 Å². The van der Waals surface area contributed by atoms with Crippen LogP contribution < -0.4 is 5.73 Å². The van der Waals surface area contributed by atoms with E-state index in [0.717, 1.165) is 0 Å². The Kier molecular flexibility index (Phi) is 6.25. The van der Waals surface area contributed by atoms with E-state index in [-0.39, 0.29) is 30.1 Å². The number of nitro benzene ring substituents is 1. The van der Waals surface area contributed by atoms with Gasteiger partial charge in [0.1, 0.15) is 0 Å². The number of rotatable bonds is 4. The number of nitro groups is 1. The quantitative estimate of drug-likeness (QED) is 0.674. The maximum absolute atomic E-state index is 12.1. The van der Waals surface area contributed by atoms with Gasteiger partial charge in [-0.2, -0.15) is 0 Å². The lowest BCUT2D eigenvalue weighted by molar-refractivity contribution is -0.385. The van der Waals surface area contributed by atoms with Crippen molar-refractivity contribution >= 4 is 29.7 Å². The lowest BCUT2D eigenvalue weighted by Gasteiger charge is -2.10. The second-order valence-electron chi connectivity index (χ2n) is 3.04. The number of benzene rings is 1. The van der Waals surface area contributed by atoms with Gasteiger partial charge in [-0.05, 0) is 18.6 Å². The Morgan fingerprint density at radius 2 is 2.19 bits per heavy atom. The molecule has 0 fully saturated rings. The summed E-state index contributed by atoms with van der Waals surface area (Å²) in [7, 11) is 0. The lowest BCUT2D eigenvalue weighted by atomic mass is 10.0. The molecule has 16 heavy (non-hydrogen) atoms. The van der Waals surface area contributed by atoms with Gasteiger partial charge in [-0.25, -0.2) is 0 Å². The molecule has 1 aromatic rings. The summed E-state index contributed by atoms with van der Waals surface area (Å²) >= 11 is 5.69. The van der Waals surface area contributed by atoms with Crippen LogP contribution in [0.15, 0.2) is 18.2 Å². The molecule has 1 atom stereocenters. The third kappa shape index (κ3) is 3.59. The van der Waals surface area contributed by atoms with Gasteiger partial charge >= 0.3 is 0 Å². The molecule has 4 nitrogen and oxygen atoms in total. The first-order valence-electron chi connectivity index (χ1n) is 4.31. The summed E-state index contributed by atoms with van der Waals surface area (Å²) in [6, 6.07) is 3.38. The van der Waals surface area contributed by atoms with Crippen molar-refractivity contribution in [3.05, 3.63) is 38.9 Å². The fraction of sp³-hybridized carbons (Fsp3) is 0.333. The van der Waals surface area contributed by atoms with Crippen LogP contribution in [0, 0.1) is 10.1 Å². The minimum Gasteiger partial charge on any atom is -0.324 e. The highest BCUT2D eigenvalue weighted by atomic mass is 35.5. The van der Waals surface area contributed by atoms with Crippen LogP contribution in [0.4, 0.5) is 10.1 Å². The Hall–Kier alpha value is -0.910. The summed E-state index contributed by atoms with van der Waals surface area (Å²) in [6.45, 7) is -0.620. The first-order valence-corrected chi connectivity index (χ1v) is 4.69. The molecule has 1 rings (SSSR count). The van der Waals surface area contributed by atoms with Gasteiger partial charge < -0.3 is 5.73 Å². The van der Waals surface area contributed by atoms with Crippen molar-refractivity contribution in [2.75, 3.05) is 6.67 Å². The van der Waals surface area contributed by atoms with E-state index in [9.17, 15) is 14.5 Å².